The first-order valence-electron chi connectivity index (χ1n) is 9.03. The third-order valence-electron chi connectivity index (χ3n) is 4.61. The molecule has 3 nitrogen and oxygen atoms in total. The fourth-order valence-corrected chi connectivity index (χ4v) is 3.05. The van der Waals surface area contributed by atoms with Crippen molar-refractivity contribution in [3.63, 3.8) is 0 Å². The van der Waals surface area contributed by atoms with Gasteiger partial charge in [0.2, 0.25) is 11.2 Å². The van der Waals surface area contributed by atoms with Crippen LogP contribution in [0, 0.1) is 19.7 Å². The van der Waals surface area contributed by atoms with Gasteiger partial charge < -0.3 is 9.15 Å². The summed E-state index contributed by atoms with van der Waals surface area (Å²) < 4.78 is 25.1. The molecule has 0 spiro atoms. The molecule has 0 saturated heterocycles. The van der Waals surface area contributed by atoms with Gasteiger partial charge >= 0.3 is 0 Å². The van der Waals surface area contributed by atoms with Gasteiger partial charge in [0, 0.05) is 5.56 Å². The molecule has 0 aliphatic rings. The summed E-state index contributed by atoms with van der Waals surface area (Å²) in [5.41, 5.74) is 3.89. The molecule has 0 fully saturated rings. The molecule has 0 aliphatic carbocycles. The summed E-state index contributed by atoms with van der Waals surface area (Å²) in [4.78, 5) is 13.2. The minimum absolute atomic E-state index is 0.140. The molecular formula is C24H19FO3. The largest absolute Gasteiger partial charge is 0.481 e. The van der Waals surface area contributed by atoms with Crippen LogP contribution in [-0.4, -0.2) is 0 Å². The molecule has 4 heteroatoms. The maximum Gasteiger partial charge on any atom is 0.235 e. The zero-order chi connectivity index (χ0) is 19.7. The highest BCUT2D eigenvalue weighted by molar-refractivity contribution is 5.82. The number of benzene rings is 3. The van der Waals surface area contributed by atoms with E-state index in [0.717, 1.165) is 22.3 Å². The number of halogens is 1. The quantitative estimate of drug-likeness (QED) is 0.453. The Balaban J connectivity index is 1.84. The maximum atomic E-state index is 13.2. The number of aryl methyl sites for hydroxylation is 2. The minimum Gasteiger partial charge on any atom is -0.481 e. The molecule has 4 rings (SSSR count). The molecule has 0 saturated carbocycles. The van der Waals surface area contributed by atoms with Gasteiger partial charge in [-0.15, -0.1) is 0 Å². The van der Waals surface area contributed by atoms with Crippen molar-refractivity contribution in [2.45, 2.75) is 20.5 Å². The van der Waals surface area contributed by atoms with Crippen LogP contribution in [0.2, 0.25) is 0 Å². The smallest absolute Gasteiger partial charge is 0.235 e. The summed E-state index contributed by atoms with van der Waals surface area (Å²) in [6.45, 7) is 4.06. The standard InChI is InChI=1S/C24H19FO3/c1-15-3-8-18(9-4-15)23-24(27-14-17-6-10-19(25)11-7-17)22(26)20-13-16(2)5-12-21(20)28-23/h3-13H,14H2,1-2H3. The van der Waals surface area contributed by atoms with Gasteiger partial charge in [-0.2, -0.15) is 0 Å². The van der Waals surface area contributed by atoms with Crippen LogP contribution in [0.25, 0.3) is 22.3 Å². The topological polar surface area (TPSA) is 39.4 Å². The first-order chi connectivity index (χ1) is 13.5. The van der Waals surface area contributed by atoms with E-state index in [0.29, 0.717) is 16.7 Å². The summed E-state index contributed by atoms with van der Waals surface area (Å²) in [7, 11) is 0. The van der Waals surface area contributed by atoms with E-state index in [1.165, 1.54) is 12.1 Å². The van der Waals surface area contributed by atoms with Crippen molar-refractivity contribution >= 4 is 11.0 Å². The minimum atomic E-state index is -0.315. The average Bonchev–Trinajstić information content (AvgIpc) is 2.69. The van der Waals surface area contributed by atoms with Gasteiger partial charge in [0.15, 0.2) is 5.76 Å². The highest BCUT2D eigenvalue weighted by Crippen LogP contribution is 2.31. The molecule has 0 amide bonds. The molecule has 4 aromatic rings. The lowest BCUT2D eigenvalue weighted by molar-refractivity contribution is 0.297. The lowest BCUT2D eigenvalue weighted by Crippen LogP contribution is -2.10. The normalized spacial score (nSPS) is 11.0. The van der Waals surface area contributed by atoms with Crippen molar-refractivity contribution < 1.29 is 13.5 Å². The number of hydrogen-bond acceptors (Lipinski definition) is 3. The number of ether oxygens (including phenoxy) is 1. The highest BCUT2D eigenvalue weighted by atomic mass is 19.1. The van der Waals surface area contributed by atoms with Crippen molar-refractivity contribution in [3.8, 4) is 17.1 Å². The molecule has 28 heavy (non-hydrogen) atoms. The summed E-state index contributed by atoms with van der Waals surface area (Å²) in [5.74, 6) is 0.236. The third-order valence-corrected chi connectivity index (χ3v) is 4.61. The van der Waals surface area contributed by atoms with E-state index in [1.54, 1.807) is 24.3 Å². The summed E-state index contributed by atoms with van der Waals surface area (Å²) in [6, 6.07) is 19.2. The zero-order valence-corrected chi connectivity index (χ0v) is 15.7. The van der Waals surface area contributed by atoms with Crippen LogP contribution < -0.4 is 10.2 Å². The first-order valence-corrected chi connectivity index (χ1v) is 9.03. The Morgan fingerprint density at radius 1 is 0.893 bits per heavy atom. The molecule has 1 heterocycles. The predicted molar refractivity (Wildman–Crippen MR) is 108 cm³/mol. The highest BCUT2D eigenvalue weighted by Gasteiger charge is 2.18. The SMILES string of the molecule is Cc1ccc(-c2oc3ccc(C)cc3c(=O)c2OCc2ccc(F)cc2)cc1. The van der Waals surface area contributed by atoms with E-state index in [2.05, 4.69) is 0 Å². The Morgan fingerprint density at radius 2 is 1.57 bits per heavy atom. The van der Waals surface area contributed by atoms with Crippen LogP contribution in [-0.2, 0) is 6.61 Å². The van der Waals surface area contributed by atoms with E-state index in [1.807, 2.05) is 44.2 Å². The Kier molecular flexibility index (Phi) is 4.70. The lowest BCUT2D eigenvalue weighted by atomic mass is 10.1. The van der Waals surface area contributed by atoms with Crippen molar-refractivity contribution in [1.82, 2.24) is 0 Å². The van der Waals surface area contributed by atoms with Gasteiger partial charge in [0.25, 0.3) is 0 Å². The zero-order valence-electron chi connectivity index (χ0n) is 15.7. The Bertz CT molecular complexity index is 1190. The van der Waals surface area contributed by atoms with Crippen LogP contribution in [0.3, 0.4) is 0 Å². The predicted octanol–water partition coefficient (Wildman–Crippen LogP) is 5.79. The summed E-state index contributed by atoms with van der Waals surface area (Å²) in [6.07, 6.45) is 0. The molecule has 0 unspecified atom stereocenters. The van der Waals surface area contributed by atoms with Crippen LogP contribution >= 0.6 is 0 Å². The Morgan fingerprint density at radius 3 is 2.29 bits per heavy atom. The number of rotatable bonds is 4. The fourth-order valence-electron chi connectivity index (χ4n) is 3.05. The molecule has 0 atom stereocenters. The van der Waals surface area contributed by atoms with Gasteiger partial charge in [-0.05, 0) is 43.7 Å². The van der Waals surface area contributed by atoms with Crippen molar-refractivity contribution in [2.75, 3.05) is 0 Å². The van der Waals surface area contributed by atoms with E-state index < -0.39 is 0 Å². The van der Waals surface area contributed by atoms with Gasteiger partial charge in [-0.1, -0.05) is 53.6 Å². The second-order valence-electron chi connectivity index (χ2n) is 6.87. The molecule has 3 aromatic carbocycles. The Labute approximate surface area is 162 Å². The molecule has 140 valence electrons. The summed E-state index contributed by atoms with van der Waals surface area (Å²) in [5, 5.41) is 0.477. The van der Waals surface area contributed by atoms with Crippen LogP contribution in [0.5, 0.6) is 5.75 Å². The second kappa shape index (κ2) is 7.31. The van der Waals surface area contributed by atoms with Gasteiger partial charge in [0.05, 0.1) is 5.39 Å². The Hall–Kier alpha value is -3.40. The fraction of sp³-hybridized carbons (Fsp3) is 0.125. The number of fused-ring (bicyclic) bond motifs is 1. The van der Waals surface area contributed by atoms with E-state index >= 15 is 0 Å². The van der Waals surface area contributed by atoms with Crippen molar-refractivity contribution in [3.05, 3.63) is 99.5 Å². The molecule has 0 aliphatic heterocycles. The van der Waals surface area contributed by atoms with Crippen LogP contribution in [0.15, 0.2) is 75.9 Å². The maximum absolute atomic E-state index is 13.2. The molecule has 0 N–H and O–H groups in total. The van der Waals surface area contributed by atoms with Crippen LogP contribution in [0.4, 0.5) is 4.39 Å². The van der Waals surface area contributed by atoms with Gasteiger partial charge in [-0.25, -0.2) is 4.39 Å². The van der Waals surface area contributed by atoms with Crippen molar-refractivity contribution in [1.29, 1.82) is 0 Å². The average molecular weight is 374 g/mol. The third kappa shape index (κ3) is 3.54. The second-order valence-corrected chi connectivity index (χ2v) is 6.87. The monoisotopic (exact) mass is 374 g/mol. The molecule has 0 bridgehead atoms. The van der Waals surface area contributed by atoms with Gasteiger partial charge in [-0.3, -0.25) is 4.79 Å². The van der Waals surface area contributed by atoms with Crippen LogP contribution in [0.1, 0.15) is 16.7 Å². The van der Waals surface area contributed by atoms with E-state index in [9.17, 15) is 9.18 Å². The van der Waals surface area contributed by atoms with Crippen molar-refractivity contribution in [2.24, 2.45) is 0 Å². The molecule has 1 aromatic heterocycles. The molecular weight excluding hydrogens is 355 g/mol. The van der Waals surface area contributed by atoms with E-state index in [4.69, 9.17) is 9.15 Å². The first kappa shape index (κ1) is 18.0. The number of hydrogen-bond donors (Lipinski definition) is 0. The van der Waals surface area contributed by atoms with Gasteiger partial charge in [0.1, 0.15) is 18.0 Å². The molecule has 0 radical (unpaired) electrons. The lowest BCUT2D eigenvalue weighted by Gasteiger charge is -2.12. The van der Waals surface area contributed by atoms with E-state index in [-0.39, 0.29) is 23.6 Å². The summed E-state index contributed by atoms with van der Waals surface area (Å²) >= 11 is 0.